The topological polar surface area (TPSA) is 231 Å². The van der Waals surface area contributed by atoms with Gasteiger partial charge in [-0.1, -0.05) is 48.6 Å². The van der Waals surface area contributed by atoms with Gasteiger partial charge in [-0.2, -0.15) is 0 Å². The van der Waals surface area contributed by atoms with Gasteiger partial charge in [0.25, 0.3) is 0 Å². The van der Waals surface area contributed by atoms with E-state index in [2.05, 4.69) is 0 Å². The van der Waals surface area contributed by atoms with Crippen LogP contribution in [0.25, 0.3) is 0 Å². The monoisotopic (exact) mass is 665 g/mol. The van der Waals surface area contributed by atoms with E-state index in [1.807, 2.05) is 6.08 Å². The predicted octanol–water partition coefficient (Wildman–Crippen LogP) is 0.120. The highest BCUT2D eigenvalue weighted by Gasteiger charge is 2.51. The molecule has 2 bridgehead atoms. The molecule has 8 N–H and O–H groups in total. The van der Waals surface area contributed by atoms with E-state index in [1.54, 1.807) is 56.4 Å². The molecule has 0 radical (unpaired) electrons. The lowest BCUT2D eigenvalue weighted by Crippen LogP contribution is -2.61. The number of hydrogen-bond donors (Lipinski definition) is 7. The maximum atomic E-state index is 12.3. The summed E-state index contributed by atoms with van der Waals surface area (Å²) in [5.74, 6) is -5.45. The number of aliphatic hydroxyl groups excluding tert-OH is 4. The van der Waals surface area contributed by atoms with Gasteiger partial charge >= 0.3 is 11.9 Å². The molecule has 4 aliphatic rings. The summed E-state index contributed by atoms with van der Waals surface area (Å²) >= 11 is 0. The highest BCUT2D eigenvalue weighted by molar-refractivity contribution is 5.82. The van der Waals surface area contributed by atoms with E-state index in [-0.39, 0.29) is 25.4 Å². The minimum absolute atomic E-state index is 0.0789. The first-order valence-electron chi connectivity index (χ1n) is 15.9. The number of carbonyl (C=O) groups is 2. The van der Waals surface area contributed by atoms with Crippen LogP contribution in [0.15, 0.2) is 60.8 Å². The van der Waals surface area contributed by atoms with Crippen molar-refractivity contribution in [1.82, 2.24) is 0 Å². The van der Waals surface area contributed by atoms with Crippen LogP contribution in [0, 0.1) is 5.92 Å². The largest absolute Gasteiger partial charge is 0.481 e. The van der Waals surface area contributed by atoms with Crippen LogP contribution in [0.3, 0.4) is 0 Å². The number of rotatable bonds is 3. The molecule has 14 nitrogen and oxygen atoms in total. The van der Waals surface area contributed by atoms with Gasteiger partial charge in [0.05, 0.1) is 48.8 Å². The van der Waals surface area contributed by atoms with Crippen molar-refractivity contribution in [3.05, 3.63) is 60.8 Å². The van der Waals surface area contributed by atoms with Gasteiger partial charge in [0.2, 0.25) is 0 Å². The van der Waals surface area contributed by atoms with Crippen molar-refractivity contribution < 1.29 is 63.9 Å². The number of carboxylic acid groups (broad SMARTS) is 1. The van der Waals surface area contributed by atoms with Crippen molar-refractivity contribution in [2.75, 3.05) is 0 Å². The molecule has 0 unspecified atom stereocenters. The van der Waals surface area contributed by atoms with Crippen LogP contribution in [0.4, 0.5) is 0 Å². The van der Waals surface area contributed by atoms with Gasteiger partial charge in [0.1, 0.15) is 24.2 Å². The van der Waals surface area contributed by atoms with Gasteiger partial charge in [0, 0.05) is 38.2 Å². The van der Waals surface area contributed by atoms with Crippen molar-refractivity contribution in [3.63, 3.8) is 0 Å². The van der Waals surface area contributed by atoms with Crippen LogP contribution in [-0.4, -0.2) is 122 Å². The Kier molecular flexibility index (Phi) is 13.1. The number of ether oxygens (including phenoxy) is 5. The van der Waals surface area contributed by atoms with Crippen LogP contribution in [0.2, 0.25) is 0 Å². The number of epoxide rings is 1. The number of allylic oxidation sites excluding steroid dienone is 6. The molecule has 0 aromatic rings. The van der Waals surface area contributed by atoms with E-state index >= 15 is 0 Å². The number of carbonyl (C=O) groups excluding carboxylic acids is 1. The Labute approximate surface area is 273 Å². The molecule has 14 atom stereocenters. The highest BCUT2D eigenvalue weighted by atomic mass is 16.7. The van der Waals surface area contributed by atoms with Crippen LogP contribution < -0.4 is 5.73 Å². The maximum absolute atomic E-state index is 12.3. The first-order chi connectivity index (χ1) is 22.3. The zero-order valence-electron chi connectivity index (χ0n) is 26.4. The standard InChI is InChI=1S/C33H47NO13/c1-18-10-8-6-4-3-5-7-9-11-21(45-32-30(39)28(34)29(38)19(2)44-32)15-25-27(31(40)41)22(36)17-33(42,47-25)16-20(35)14-24-23(46-24)12-13-26(37)43-18/h3-9,11-13,18-25,27-30,32,35-36,38-39,42H,10,14-17,34H2,1-2H3,(H,40,41)/b4-3+,7-5+,8-6+,11-9+,13-12+/t18-,19-,20+,21+,22+,23-,24-,25+,27+,28+,29-,30+,32+,33-/m1/s1. The van der Waals surface area contributed by atoms with Crippen molar-refractivity contribution in [1.29, 1.82) is 0 Å². The molecule has 14 heteroatoms. The highest BCUT2D eigenvalue weighted by Crippen LogP contribution is 2.39. The molecule has 4 rings (SSSR count). The summed E-state index contributed by atoms with van der Waals surface area (Å²) in [4.78, 5) is 24.4. The van der Waals surface area contributed by atoms with E-state index in [9.17, 15) is 40.2 Å². The molecule has 0 amide bonds. The van der Waals surface area contributed by atoms with Crippen molar-refractivity contribution in [2.45, 2.75) is 125 Å². The summed E-state index contributed by atoms with van der Waals surface area (Å²) < 4.78 is 28.5. The fraction of sp³-hybridized carbons (Fsp3) is 0.636. The lowest BCUT2D eigenvalue weighted by Gasteiger charge is -2.45. The second-order valence-electron chi connectivity index (χ2n) is 12.6. The summed E-state index contributed by atoms with van der Waals surface area (Å²) in [6, 6.07) is -1.08. The SMILES string of the molecule is C[C@@H]1C/C=C/C=C/C=C/C=C/[C@H](O[C@@H]2O[C@H](C)[C@@H](O)[C@H](N)[C@@H]2O)C[C@@H]2O[C@](O)(C[C@@H](O)C[C@H]3O[C@@H]3/C=C/C(=O)O1)C[C@H](O)[C@@H]2C(=O)O. The van der Waals surface area contributed by atoms with E-state index in [0.29, 0.717) is 6.42 Å². The van der Waals surface area contributed by atoms with Crippen molar-refractivity contribution in [3.8, 4) is 0 Å². The molecule has 47 heavy (non-hydrogen) atoms. The summed E-state index contributed by atoms with van der Waals surface area (Å²) in [6.45, 7) is 3.34. The molecular weight excluding hydrogens is 618 g/mol. The molecule has 3 saturated heterocycles. The number of hydrogen-bond acceptors (Lipinski definition) is 13. The number of nitrogens with two attached hydrogens (primary N) is 1. The summed E-state index contributed by atoms with van der Waals surface area (Å²) in [7, 11) is 0. The number of aliphatic carboxylic acids is 1. The minimum atomic E-state index is -2.10. The molecule has 262 valence electrons. The molecule has 0 aromatic heterocycles. The van der Waals surface area contributed by atoms with Gasteiger partial charge in [0.15, 0.2) is 12.1 Å². The van der Waals surface area contributed by atoms with Gasteiger partial charge in [-0.25, -0.2) is 4.79 Å². The van der Waals surface area contributed by atoms with Gasteiger partial charge < -0.3 is 60.1 Å². The maximum Gasteiger partial charge on any atom is 0.330 e. The predicted molar refractivity (Wildman–Crippen MR) is 165 cm³/mol. The summed E-state index contributed by atoms with van der Waals surface area (Å²) in [5, 5.41) is 63.9. The second-order valence-corrected chi connectivity index (χ2v) is 12.6. The number of carboxylic acids is 1. The Bertz CT molecular complexity index is 1220. The third-order valence-corrected chi connectivity index (χ3v) is 8.58. The van der Waals surface area contributed by atoms with Crippen molar-refractivity contribution >= 4 is 11.9 Å². The van der Waals surface area contributed by atoms with Gasteiger partial charge in [-0.15, -0.1) is 0 Å². The molecule has 3 fully saturated rings. The Balaban J connectivity index is 1.58. The number of aliphatic hydroxyl groups is 5. The Morgan fingerprint density at radius 2 is 1.64 bits per heavy atom. The number of cyclic esters (lactones) is 1. The van der Waals surface area contributed by atoms with Crippen LogP contribution in [0.1, 0.15) is 46.0 Å². The van der Waals surface area contributed by atoms with E-state index < -0.39 is 97.3 Å². The van der Waals surface area contributed by atoms with Crippen LogP contribution in [-0.2, 0) is 33.3 Å². The number of fused-ring (bicyclic) bond motifs is 3. The summed E-state index contributed by atoms with van der Waals surface area (Å²) in [5.41, 5.74) is 5.98. The summed E-state index contributed by atoms with van der Waals surface area (Å²) in [6.07, 6.45) is 5.25. The molecule has 4 aliphatic heterocycles. The lowest BCUT2D eigenvalue weighted by molar-refractivity contribution is -0.308. The quantitative estimate of drug-likeness (QED) is 0.157. The molecule has 0 aliphatic carbocycles. The second kappa shape index (κ2) is 16.6. The minimum Gasteiger partial charge on any atom is -0.481 e. The molecule has 0 spiro atoms. The lowest BCUT2D eigenvalue weighted by atomic mass is 9.83. The Morgan fingerprint density at radius 1 is 0.936 bits per heavy atom. The van der Waals surface area contributed by atoms with Crippen LogP contribution >= 0.6 is 0 Å². The molecular formula is C33H47NO13. The van der Waals surface area contributed by atoms with Gasteiger partial charge in [-0.3, -0.25) is 4.79 Å². The first-order valence-corrected chi connectivity index (χ1v) is 15.9. The fourth-order valence-corrected chi connectivity index (χ4v) is 6.00. The third-order valence-electron chi connectivity index (χ3n) is 8.58. The van der Waals surface area contributed by atoms with E-state index in [4.69, 9.17) is 29.4 Å². The molecule has 0 saturated carbocycles. The Morgan fingerprint density at radius 3 is 2.36 bits per heavy atom. The van der Waals surface area contributed by atoms with Crippen LogP contribution in [0.5, 0.6) is 0 Å². The molecule has 4 heterocycles. The number of esters is 1. The first kappa shape index (κ1) is 37.1. The average molecular weight is 666 g/mol. The smallest absolute Gasteiger partial charge is 0.330 e. The van der Waals surface area contributed by atoms with E-state index in [0.717, 1.165) is 0 Å². The Hall–Kier alpha value is -2.76. The average Bonchev–Trinajstić information content (AvgIpc) is 3.72. The molecule has 0 aromatic carbocycles. The normalized spacial score (nSPS) is 47.2. The van der Waals surface area contributed by atoms with Gasteiger partial charge in [-0.05, 0) is 19.9 Å². The zero-order chi connectivity index (χ0) is 34.3. The zero-order valence-corrected chi connectivity index (χ0v) is 26.4. The fourth-order valence-electron chi connectivity index (χ4n) is 6.00. The van der Waals surface area contributed by atoms with Crippen molar-refractivity contribution in [2.24, 2.45) is 11.7 Å². The van der Waals surface area contributed by atoms with E-state index in [1.165, 1.54) is 12.2 Å². The third kappa shape index (κ3) is 10.6.